The molecule has 0 spiro atoms. The summed E-state index contributed by atoms with van der Waals surface area (Å²) in [6, 6.07) is 26.2. The van der Waals surface area contributed by atoms with Gasteiger partial charge in [-0.1, -0.05) is 93.6 Å². The average molecular weight is 659 g/mol. The van der Waals surface area contributed by atoms with Crippen molar-refractivity contribution in [2.75, 3.05) is 6.61 Å². The van der Waals surface area contributed by atoms with Crippen molar-refractivity contribution in [3.8, 4) is 0 Å². The second-order valence-corrected chi connectivity index (χ2v) is 16.7. The van der Waals surface area contributed by atoms with Gasteiger partial charge in [0.15, 0.2) is 12.3 Å². The number of rotatable bonds is 10. The van der Waals surface area contributed by atoms with Crippen molar-refractivity contribution in [1.29, 1.82) is 0 Å². The van der Waals surface area contributed by atoms with Gasteiger partial charge >= 0.3 is 11.8 Å². The summed E-state index contributed by atoms with van der Waals surface area (Å²) in [6.07, 6.45) is -2.52. The number of carbonyl (C=O) groups is 1. The summed E-state index contributed by atoms with van der Waals surface area (Å²) in [7, 11) is -3.04. The van der Waals surface area contributed by atoms with Gasteiger partial charge in [-0.3, -0.25) is 29.3 Å². The van der Waals surface area contributed by atoms with E-state index < -0.39 is 55.1 Å². The number of hydrogen-bond donors (Lipinski definition) is 1. The fraction of sp³-hybridized carbons (Fsp3) is 0.303. The number of benzene rings is 3. The number of carbonyl (C=O) groups excluding carboxylic acids is 1. The third kappa shape index (κ3) is 5.91. The number of aromatic amines is 1. The van der Waals surface area contributed by atoms with Crippen LogP contribution in [0.2, 0.25) is 5.04 Å². The fourth-order valence-corrected chi connectivity index (χ4v) is 11.0. The van der Waals surface area contributed by atoms with E-state index >= 15 is 0 Å². The Morgan fingerprint density at radius 3 is 2.13 bits per heavy atom. The van der Waals surface area contributed by atoms with Gasteiger partial charge in [0.1, 0.15) is 18.8 Å². The predicted octanol–water partition coefficient (Wildman–Crippen LogP) is 3.24. The van der Waals surface area contributed by atoms with Crippen LogP contribution in [0.15, 0.2) is 107 Å². The zero-order valence-electron chi connectivity index (χ0n) is 26.0. The summed E-state index contributed by atoms with van der Waals surface area (Å²) in [5, 5.41) is 14.3. The average Bonchev–Trinajstić information content (AvgIpc) is 3.56. The van der Waals surface area contributed by atoms with Crippen molar-refractivity contribution < 1.29 is 28.5 Å². The number of para-hydroxylation sites is 1. The van der Waals surface area contributed by atoms with Crippen LogP contribution in [0.3, 0.4) is 0 Å². The van der Waals surface area contributed by atoms with E-state index in [1.807, 2.05) is 36.4 Å². The van der Waals surface area contributed by atoms with E-state index in [1.165, 1.54) is 30.5 Å². The maximum Gasteiger partial charge on any atom is 0.434 e. The zero-order valence-corrected chi connectivity index (χ0v) is 27.0. The molecular formula is C33H34N4O9Si. The first-order valence-corrected chi connectivity index (χ1v) is 17.0. The van der Waals surface area contributed by atoms with Crippen LogP contribution in [0.25, 0.3) is 0 Å². The smallest absolute Gasteiger partial charge is 0.434 e. The highest BCUT2D eigenvalue weighted by atomic mass is 28.4. The van der Waals surface area contributed by atoms with Crippen molar-refractivity contribution in [1.82, 2.24) is 14.6 Å². The number of hydroxylamine groups is 2. The molecule has 2 aliphatic rings. The van der Waals surface area contributed by atoms with E-state index in [-0.39, 0.29) is 29.5 Å². The third-order valence-corrected chi connectivity index (χ3v) is 13.6. The molecule has 0 radical (unpaired) electrons. The van der Waals surface area contributed by atoms with E-state index in [9.17, 15) is 24.5 Å². The number of nitrogens with zero attached hydrogens (tertiary/aromatic N) is 3. The van der Waals surface area contributed by atoms with Gasteiger partial charge in [-0.05, 0) is 21.5 Å². The van der Waals surface area contributed by atoms with E-state index in [0.29, 0.717) is 0 Å². The standard InChI is InChI=1S/C33H34N4O9Si/c1-33(2,3)47(23-13-6-4-7-14-23,24-15-8-5-9-16-24)44-21-26-29-28(30(45-26)35-19-18-27(38)34-31(35)39)36(32(40)46-29)43-20-22-12-10-11-17-25(22)37(41)42/h4-19,26,28-30H,20-21H2,1-3H3,(H,34,38,39)/t26-,28-,29-,30-/m1/s1. The van der Waals surface area contributed by atoms with Crippen LogP contribution in [0.1, 0.15) is 32.6 Å². The van der Waals surface area contributed by atoms with Crippen LogP contribution < -0.4 is 21.6 Å². The Bertz CT molecular complexity index is 1840. The highest BCUT2D eigenvalue weighted by Gasteiger charge is 2.60. The number of nitro groups is 1. The van der Waals surface area contributed by atoms with Gasteiger partial charge in [0.05, 0.1) is 17.1 Å². The van der Waals surface area contributed by atoms with Gasteiger partial charge < -0.3 is 13.9 Å². The molecule has 4 atom stereocenters. The second-order valence-electron chi connectivity index (χ2n) is 12.4. The van der Waals surface area contributed by atoms with Crippen LogP contribution in [0.4, 0.5) is 10.5 Å². The van der Waals surface area contributed by atoms with Crippen molar-refractivity contribution >= 4 is 30.5 Å². The molecule has 2 aliphatic heterocycles. The predicted molar refractivity (Wildman–Crippen MR) is 173 cm³/mol. The van der Waals surface area contributed by atoms with E-state index in [0.717, 1.165) is 20.0 Å². The quantitative estimate of drug-likeness (QED) is 0.154. The topological polar surface area (TPSA) is 155 Å². The number of amides is 1. The third-order valence-electron chi connectivity index (χ3n) is 8.55. The molecule has 3 aromatic carbocycles. The molecule has 2 saturated heterocycles. The summed E-state index contributed by atoms with van der Waals surface area (Å²) in [4.78, 5) is 57.3. The lowest BCUT2D eigenvalue weighted by atomic mass is 10.1. The molecule has 0 aliphatic carbocycles. The van der Waals surface area contributed by atoms with Crippen molar-refractivity contribution in [2.45, 2.75) is 56.9 Å². The van der Waals surface area contributed by atoms with Gasteiger partial charge in [0.2, 0.25) is 0 Å². The maximum absolute atomic E-state index is 13.3. The summed E-state index contributed by atoms with van der Waals surface area (Å²) >= 11 is 0. The van der Waals surface area contributed by atoms with E-state index in [1.54, 1.807) is 6.07 Å². The molecule has 4 aromatic rings. The molecule has 1 aromatic heterocycles. The number of ether oxygens (including phenoxy) is 2. The second kappa shape index (κ2) is 12.7. The summed E-state index contributed by atoms with van der Waals surface area (Å²) in [6.45, 7) is 6.07. The number of aromatic nitrogens is 2. The van der Waals surface area contributed by atoms with E-state index in [2.05, 4.69) is 50.0 Å². The molecular weight excluding hydrogens is 624 g/mol. The Labute approximate surface area is 270 Å². The minimum Gasteiger partial charge on any atom is -0.439 e. The largest absolute Gasteiger partial charge is 0.439 e. The molecule has 13 nitrogen and oxygen atoms in total. The van der Waals surface area contributed by atoms with Gasteiger partial charge in [0.25, 0.3) is 19.6 Å². The summed E-state index contributed by atoms with van der Waals surface area (Å²) in [5.74, 6) is 0. The highest BCUT2D eigenvalue weighted by Crippen LogP contribution is 2.42. The lowest BCUT2D eigenvalue weighted by molar-refractivity contribution is -0.386. The van der Waals surface area contributed by atoms with Crippen molar-refractivity contribution in [3.05, 3.63) is 134 Å². The van der Waals surface area contributed by atoms with Crippen LogP contribution >= 0.6 is 0 Å². The molecule has 6 rings (SSSR count). The van der Waals surface area contributed by atoms with Gasteiger partial charge in [-0.15, -0.1) is 0 Å². The number of nitrogens with one attached hydrogen (secondary N) is 1. The monoisotopic (exact) mass is 658 g/mol. The summed E-state index contributed by atoms with van der Waals surface area (Å²) in [5.41, 5.74) is -1.30. The molecule has 0 unspecified atom stereocenters. The minimum atomic E-state index is -3.04. The van der Waals surface area contributed by atoms with Crippen molar-refractivity contribution in [3.63, 3.8) is 0 Å². The first kappa shape index (κ1) is 32.1. The molecule has 0 saturated carbocycles. The Balaban J connectivity index is 1.36. The van der Waals surface area contributed by atoms with Crippen LogP contribution in [0.5, 0.6) is 0 Å². The van der Waals surface area contributed by atoms with Crippen molar-refractivity contribution in [2.24, 2.45) is 0 Å². The number of H-pyrrole nitrogens is 1. The molecule has 2 fully saturated rings. The fourth-order valence-electron chi connectivity index (χ4n) is 6.45. The van der Waals surface area contributed by atoms with Crippen LogP contribution in [-0.2, 0) is 25.3 Å². The van der Waals surface area contributed by atoms with Gasteiger partial charge in [-0.2, -0.15) is 5.06 Å². The van der Waals surface area contributed by atoms with E-state index in [4.69, 9.17) is 18.7 Å². The van der Waals surface area contributed by atoms with Gasteiger partial charge in [0, 0.05) is 18.3 Å². The molecule has 1 N–H and O–H groups in total. The summed E-state index contributed by atoms with van der Waals surface area (Å²) < 4.78 is 20.5. The Morgan fingerprint density at radius 2 is 1.53 bits per heavy atom. The first-order valence-electron chi connectivity index (χ1n) is 15.1. The normalized spacial score (nSPS) is 21.0. The first-order chi connectivity index (χ1) is 22.5. The lowest BCUT2D eigenvalue weighted by Crippen LogP contribution is -2.67. The van der Waals surface area contributed by atoms with Crippen LogP contribution in [0, 0.1) is 10.1 Å². The Morgan fingerprint density at radius 1 is 0.915 bits per heavy atom. The van der Waals surface area contributed by atoms with Gasteiger partial charge in [-0.25, -0.2) is 9.59 Å². The molecule has 244 valence electrons. The molecule has 0 bridgehead atoms. The van der Waals surface area contributed by atoms with Crippen LogP contribution in [-0.4, -0.2) is 58.8 Å². The number of fused-ring (bicyclic) bond motifs is 1. The number of nitro benzene ring substituents is 1. The minimum absolute atomic E-state index is 0.00563. The molecule has 3 heterocycles. The number of hydrogen-bond acceptors (Lipinski definition) is 9. The highest BCUT2D eigenvalue weighted by molar-refractivity contribution is 6.99. The Hall–Kier alpha value is -4.89. The SMILES string of the molecule is CC(C)(C)[Si](OC[C@H]1O[C@@H](n2ccc(=O)[nH]c2=O)[C@H]2[C@@H]1OC(=O)N2OCc1ccccc1[N+](=O)[O-])(c1ccccc1)c1ccccc1. The molecule has 47 heavy (non-hydrogen) atoms. The maximum atomic E-state index is 13.3. The Kier molecular flexibility index (Phi) is 8.68. The lowest BCUT2D eigenvalue weighted by Gasteiger charge is -2.43. The molecule has 14 heteroatoms. The zero-order chi connectivity index (χ0) is 33.3. The molecule has 1 amide bonds.